The Morgan fingerprint density at radius 1 is 1.03 bits per heavy atom. The minimum absolute atomic E-state index is 0.232. The van der Waals surface area contributed by atoms with Crippen LogP contribution in [0.15, 0.2) is 48.5 Å². The Bertz CT molecular complexity index is 791. The molecule has 0 aliphatic heterocycles. The number of rotatable bonds is 10. The molecule has 0 saturated heterocycles. The van der Waals surface area contributed by atoms with Crippen LogP contribution in [0.3, 0.4) is 0 Å². The Hall–Kier alpha value is -2.60. The van der Waals surface area contributed by atoms with Gasteiger partial charge in [0.2, 0.25) is 0 Å². The van der Waals surface area contributed by atoms with Crippen LogP contribution in [-0.4, -0.2) is 24.2 Å². The second kappa shape index (κ2) is 12.1. The molecule has 2 aromatic rings. The number of thiocarbonyl (C=S) groups is 1. The zero-order chi connectivity index (χ0) is 21.1. The minimum atomic E-state index is -0.271. The van der Waals surface area contributed by atoms with Crippen LogP contribution in [0.5, 0.6) is 11.5 Å². The number of hydrogen-bond acceptors (Lipinski definition) is 4. The molecule has 2 rings (SSSR count). The van der Waals surface area contributed by atoms with Crippen LogP contribution in [0, 0.1) is 5.92 Å². The Morgan fingerprint density at radius 3 is 2.48 bits per heavy atom. The Kier molecular flexibility index (Phi) is 9.44. The maximum Gasteiger partial charge on any atom is 0.257 e. The Balaban J connectivity index is 1.84. The number of amides is 1. The van der Waals surface area contributed by atoms with Gasteiger partial charge in [0, 0.05) is 17.3 Å². The van der Waals surface area contributed by atoms with Gasteiger partial charge < -0.3 is 14.8 Å². The van der Waals surface area contributed by atoms with Crippen LogP contribution in [0.25, 0.3) is 0 Å². The maximum atomic E-state index is 12.4. The zero-order valence-electron chi connectivity index (χ0n) is 17.4. The minimum Gasteiger partial charge on any atom is -0.494 e. The van der Waals surface area contributed by atoms with Crippen molar-refractivity contribution in [1.82, 2.24) is 5.32 Å². The highest BCUT2D eigenvalue weighted by atomic mass is 32.1. The number of carbonyl (C=O) groups is 1. The molecule has 156 valence electrons. The lowest BCUT2D eigenvalue weighted by atomic mass is 10.2. The SMILES string of the molecule is CCCCCOc1ccc(C(=O)NC(=S)Nc2cccc(OCC(C)C)c2)cc1. The predicted molar refractivity (Wildman–Crippen MR) is 122 cm³/mol. The lowest BCUT2D eigenvalue weighted by Crippen LogP contribution is -2.34. The average Bonchev–Trinajstić information content (AvgIpc) is 2.70. The summed E-state index contributed by atoms with van der Waals surface area (Å²) in [7, 11) is 0. The van der Waals surface area contributed by atoms with E-state index in [0.29, 0.717) is 24.7 Å². The third kappa shape index (κ3) is 8.52. The van der Waals surface area contributed by atoms with Crippen molar-refractivity contribution >= 4 is 28.9 Å². The molecule has 5 nitrogen and oxygen atoms in total. The van der Waals surface area contributed by atoms with Crippen molar-refractivity contribution in [1.29, 1.82) is 0 Å². The first-order chi connectivity index (χ1) is 14.0. The van der Waals surface area contributed by atoms with E-state index in [9.17, 15) is 4.79 Å². The highest BCUT2D eigenvalue weighted by molar-refractivity contribution is 7.80. The molecule has 0 aliphatic rings. The monoisotopic (exact) mass is 414 g/mol. The molecular formula is C23H30N2O3S. The normalized spacial score (nSPS) is 10.5. The van der Waals surface area contributed by atoms with Gasteiger partial charge in [-0.1, -0.05) is 39.7 Å². The second-order valence-electron chi connectivity index (χ2n) is 7.22. The molecule has 0 fully saturated rings. The molecule has 0 bridgehead atoms. The fourth-order valence-electron chi connectivity index (χ4n) is 2.51. The third-order valence-corrected chi connectivity index (χ3v) is 4.24. The van der Waals surface area contributed by atoms with Crippen molar-refractivity contribution in [3.63, 3.8) is 0 Å². The highest BCUT2D eigenvalue weighted by Gasteiger charge is 2.09. The van der Waals surface area contributed by atoms with E-state index >= 15 is 0 Å². The van der Waals surface area contributed by atoms with Crippen LogP contribution in [-0.2, 0) is 0 Å². The molecular weight excluding hydrogens is 384 g/mol. The smallest absolute Gasteiger partial charge is 0.257 e. The third-order valence-electron chi connectivity index (χ3n) is 4.04. The predicted octanol–water partition coefficient (Wildman–Crippen LogP) is 5.42. The zero-order valence-corrected chi connectivity index (χ0v) is 18.2. The van der Waals surface area contributed by atoms with Crippen LogP contribution >= 0.6 is 12.2 Å². The Labute approximate surface area is 178 Å². The summed E-state index contributed by atoms with van der Waals surface area (Å²) in [6, 6.07) is 14.5. The number of hydrogen-bond donors (Lipinski definition) is 2. The van der Waals surface area contributed by atoms with E-state index in [0.717, 1.165) is 36.4 Å². The lowest BCUT2D eigenvalue weighted by molar-refractivity contribution is 0.0977. The summed E-state index contributed by atoms with van der Waals surface area (Å²) in [5, 5.41) is 5.94. The van der Waals surface area contributed by atoms with E-state index in [1.807, 2.05) is 24.3 Å². The largest absolute Gasteiger partial charge is 0.494 e. The highest BCUT2D eigenvalue weighted by Crippen LogP contribution is 2.18. The van der Waals surface area contributed by atoms with Gasteiger partial charge >= 0.3 is 0 Å². The van der Waals surface area contributed by atoms with Gasteiger partial charge in [0.1, 0.15) is 11.5 Å². The van der Waals surface area contributed by atoms with E-state index in [4.69, 9.17) is 21.7 Å². The summed E-state index contributed by atoms with van der Waals surface area (Å²) in [5.74, 6) is 1.69. The molecule has 2 aromatic carbocycles. The summed E-state index contributed by atoms with van der Waals surface area (Å²) in [4.78, 5) is 12.4. The van der Waals surface area contributed by atoms with Gasteiger partial charge in [-0.05, 0) is 61.0 Å². The molecule has 0 unspecified atom stereocenters. The molecule has 0 saturated carbocycles. The average molecular weight is 415 g/mol. The molecule has 0 aromatic heterocycles. The molecule has 0 aliphatic carbocycles. The first-order valence-corrected chi connectivity index (χ1v) is 10.5. The van der Waals surface area contributed by atoms with Crippen molar-refractivity contribution in [2.75, 3.05) is 18.5 Å². The number of ether oxygens (including phenoxy) is 2. The van der Waals surface area contributed by atoms with Crippen molar-refractivity contribution < 1.29 is 14.3 Å². The molecule has 0 heterocycles. The summed E-state index contributed by atoms with van der Waals surface area (Å²) in [5.41, 5.74) is 1.27. The molecule has 2 N–H and O–H groups in total. The van der Waals surface area contributed by atoms with Gasteiger partial charge in [-0.15, -0.1) is 0 Å². The van der Waals surface area contributed by atoms with E-state index < -0.39 is 0 Å². The molecule has 6 heteroatoms. The quantitative estimate of drug-likeness (QED) is 0.402. The van der Waals surface area contributed by atoms with Crippen LogP contribution in [0.1, 0.15) is 50.4 Å². The first-order valence-electron chi connectivity index (χ1n) is 10.1. The van der Waals surface area contributed by atoms with Gasteiger partial charge in [-0.25, -0.2) is 0 Å². The van der Waals surface area contributed by atoms with Crippen LogP contribution in [0.2, 0.25) is 0 Å². The molecule has 0 atom stereocenters. The molecule has 1 amide bonds. The van der Waals surface area contributed by atoms with Gasteiger partial charge in [-0.3, -0.25) is 10.1 Å². The fraction of sp³-hybridized carbons (Fsp3) is 0.391. The summed E-state index contributed by atoms with van der Waals surface area (Å²) in [6.45, 7) is 7.68. The van der Waals surface area contributed by atoms with Crippen molar-refractivity contribution in [3.8, 4) is 11.5 Å². The number of nitrogens with one attached hydrogen (secondary N) is 2. The van der Waals surface area contributed by atoms with E-state index in [-0.39, 0.29) is 11.0 Å². The van der Waals surface area contributed by atoms with E-state index in [1.165, 1.54) is 0 Å². The number of benzene rings is 2. The number of carbonyl (C=O) groups excluding carboxylic acids is 1. The number of anilines is 1. The van der Waals surface area contributed by atoms with Crippen molar-refractivity contribution in [2.45, 2.75) is 40.0 Å². The standard InChI is InChI=1S/C23H30N2O3S/c1-4-5-6-14-27-20-12-10-18(11-13-20)22(26)25-23(29)24-19-8-7-9-21(15-19)28-16-17(2)3/h7-13,15,17H,4-6,14,16H2,1-3H3,(H2,24,25,26,29). The van der Waals surface area contributed by atoms with Gasteiger partial charge in [0.25, 0.3) is 5.91 Å². The van der Waals surface area contributed by atoms with Gasteiger partial charge in [-0.2, -0.15) is 0 Å². The molecule has 0 radical (unpaired) electrons. The van der Waals surface area contributed by atoms with Crippen LogP contribution in [0.4, 0.5) is 5.69 Å². The van der Waals surface area contributed by atoms with Crippen LogP contribution < -0.4 is 20.1 Å². The molecule has 0 spiro atoms. The van der Waals surface area contributed by atoms with E-state index in [1.54, 1.807) is 24.3 Å². The second-order valence-corrected chi connectivity index (χ2v) is 7.63. The van der Waals surface area contributed by atoms with Gasteiger partial charge in [0.15, 0.2) is 5.11 Å². The summed E-state index contributed by atoms with van der Waals surface area (Å²) >= 11 is 5.26. The van der Waals surface area contributed by atoms with E-state index in [2.05, 4.69) is 31.4 Å². The number of unbranched alkanes of at least 4 members (excludes halogenated alkanes) is 2. The first kappa shape index (κ1) is 22.7. The van der Waals surface area contributed by atoms with Crippen molar-refractivity contribution in [3.05, 3.63) is 54.1 Å². The summed E-state index contributed by atoms with van der Waals surface area (Å²) < 4.78 is 11.4. The molecule has 29 heavy (non-hydrogen) atoms. The topological polar surface area (TPSA) is 59.6 Å². The summed E-state index contributed by atoms with van der Waals surface area (Å²) in [6.07, 6.45) is 3.34. The Morgan fingerprint density at radius 2 is 1.79 bits per heavy atom. The maximum absolute atomic E-state index is 12.4. The van der Waals surface area contributed by atoms with Gasteiger partial charge in [0.05, 0.1) is 13.2 Å². The lowest BCUT2D eigenvalue weighted by Gasteiger charge is -2.12. The van der Waals surface area contributed by atoms with Crippen molar-refractivity contribution in [2.24, 2.45) is 5.92 Å². The fourth-order valence-corrected chi connectivity index (χ4v) is 2.72.